The smallest absolute Gasteiger partial charge is 0.129 e. The molecule has 0 amide bonds. The van der Waals surface area contributed by atoms with Crippen LogP contribution in [0.2, 0.25) is 0 Å². The van der Waals surface area contributed by atoms with E-state index in [-0.39, 0.29) is 0 Å². The Kier molecular flexibility index (Phi) is 4.19. The van der Waals surface area contributed by atoms with Crippen molar-refractivity contribution in [1.29, 1.82) is 0 Å². The lowest BCUT2D eigenvalue weighted by Crippen LogP contribution is -2.24. The third kappa shape index (κ3) is 2.63. The monoisotopic (exact) mass is 242 g/mol. The number of aromatic nitrogens is 1. The van der Waals surface area contributed by atoms with E-state index in [4.69, 9.17) is 4.98 Å². The largest absolute Gasteiger partial charge is 0.357 e. The number of anilines is 1. The van der Waals surface area contributed by atoms with Gasteiger partial charge in [-0.1, -0.05) is 19.9 Å². The van der Waals surface area contributed by atoms with Gasteiger partial charge in [-0.2, -0.15) is 0 Å². The molecule has 0 N–H and O–H groups in total. The van der Waals surface area contributed by atoms with Gasteiger partial charge in [-0.25, -0.2) is 4.98 Å². The predicted octanol–water partition coefficient (Wildman–Crippen LogP) is 4.03. The fraction of sp³-hybridized carbons (Fsp3) is 0.438. The predicted molar refractivity (Wildman–Crippen MR) is 79.3 cm³/mol. The fourth-order valence-electron chi connectivity index (χ4n) is 2.26. The molecule has 0 saturated carbocycles. The summed E-state index contributed by atoms with van der Waals surface area (Å²) in [7, 11) is 0. The van der Waals surface area contributed by atoms with E-state index in [9.17, 15) is 0 Å². The van der Waals surface area contributed by atoms with Crippen LogP contribution in [0.25, 0.3) is 10.9 Å². The van der Waals surface area contributed by atoms with E-state index in [0.29, 0.717) is 0 Å². The maximum atomic E-state index is 4.77. The Hall–Kier alpha value is -1.57. The third-order valence-corrected chi connectivity index (χ3v) is 3.35. The van der Waals surface area contributed by atoms with E-state index >= 15 is 0 Å². The zero-order valence-corrected chi connectivity index (χ0v) is 11.6. The minimum atomic E-state index is 1.01. The molecular weight excluding hydrogens is 220 g/mol. The maximum absolute atomic E-state index is 4.77. The highest BCUT2D eigenvalue weighted by molar-refractivity contribution is 5.81. The van der Waals surface area contributed by atoms with E-state index in [1.807, 2.05) is 0 Å². The molecule has 2 nitrogen and oxygen atoms in total. The summed E-state index contributed by atoms with van der Waals surface area (Å²) in [5.41, 5.74) is 2.47. The number of hydrogen-bond donors (Lipinski definition) is 0. The minimum Gasteiger partial charge on any atom is -0.357 e. The fourth-order valence-corrected chi connectivity index (χ4v) is 2.26. The van der Waals surface area contributed by atoms with Crippen LogP contribution in [0.3, 0.4) is 0 Å². The molecule has 0 fully saturated rings. The van der Waals surface area contributed by atoms with Crippen molar-refractivity contribution in [3.05, 3.63) is 35.9 Å². The molecule has 0 atom stereocenters. The number of rotatable bonds is 5. The molecule has 0 radical (unpaired) electrons. The summed E-state index contributed by atoms with van der Waals surface area (Å²) in [6.45, 7) is 8.66. The summed E-state index contributed by atoms with van der Waals surface area (Å²) in [5.74, 6) is 1.09. The number of fused-ring (bicyclic) bond motifs is 1. The highest BCUT2D eigenvalue weighted by atomic mass is 15.2. The summed E-state index contributed by atoms with van der Waals surface area (Å²) in [6.07, 6.45) is 2.23. The van der Waals surface area contributed by atoms with Crippen molar-refractivity contribution in [2.45, 2.75) is 33.6 Å². The lowest BCUT2D eigenvalue weighted by Gasteiger charge is -2.21. The van der Waals surface area contributed by atoms with E-state index in [1.165, 1.54) is 10.9 Å². The van der Waals surface area contributed by atoms with Crippen LogP contribution in [0, 0.1) is 0 Å². The van der Waals surface area contributed by atoms with Gasteiger partial charge in [0.1, 0.15) is 5.82 Å². The van der Waals surface area contributed by atoms with Gasteiger partial charge in [-0.3, -0.25) is 0 Å². The Morgan fingerprint density at radius 2 is 1.89 bits per heavy atom. The average molecular weight is 242 g/mol. The van der Waals surface area contributed by atoms with E-state index in [2.05, 4.69) is 56.0 Å². The van der Waals surface area contributed by atoms with Gasteiger partial charge in [0, 0.05) is 18.5 Å². The first-order valence-electron chi connectivity index (χ1n) is 6.93. The maximum Gasteiger partial charge on any atom is 0.129 e. The summed E-state index contributed by atoms with van der Waals surface area (Å²) >= 11 is 0. The van der Waals surface area contributed by atoms with Crippen molar-refractivity contribution in [2.75, 3.05) is 18.0 Å². The molecule has 2 heteroatoms. The molecule has 0 aliphatic rings. The Morgan fingerprint density at radius 1 is 1.06 bits per heavy atom. The highest BCUT2D eigenvalue weighted by Gasteiger charge is 2.05. The Labute approximate surface area is 110 Å². The van der Waals surface area contributed by atoms with Crippen LogP contribution in [-0.4, -0.2) is 18.1 Å². The highest BCUT2D eigenvalue weighted by Crippen LogP contribution is 2.19. The summed E-state index contributed by atoms with van der Waals surface area (Å²) in [5, 5.41) is 1.24. The van der Waals surface area contributed by atoms with E-state index in [1.54, 1.807) is 0 Å². The molecular formula is C16H22N2. The second kappa shape index (κ2) is 5.85. The summed E-state index contributed by atoms with van der Waals surface area (Å²) in [6, 6.07) is 10.9. The third-order valence-electron chi connectivity index (χ3n) is 3.35. The summed E-state index contributed by atoms with van der Waals surface area (Å²) < 4.78 is 0. The molecule has 0 aliphatic heterocycles. The molecule has 18 heavy (non-hydrogen) atoms. The van der Waals surface area contributed by atoms with Gasteiger partial charge in [0.15, 0.2) is 0 Å². The minimum absolute atomic E-state index is 1.01. The van der Waals surface area contributed by atoms with Crippen LogP contribution in [0.5, 0.6) is 0 Å². The number of benzene rings is 1. The first-order chi connectivity index (χ1) is 8.78. The van der Waals surface area contributed by atoms with Crippen LogP contribution < -0.4 is 4.90 Å². The van der Waals surface area contributed by atoms with Gasteiger partial charge in [-0.15, -0.1) is 0 Å². The van der Waals surface area contributed by atoms with Gasteiger partial charge >= 0.3 is 0 Å². The second-order valence-electron chi connectivity index (χ2n) is 4.63. The first kappa shape index (κ1) is 12.9. The van der Waals surface area contributed by atoms with Gasteiger partial charge < -0.3 is 4.90 Å². The molecule has 1 aromatic heterocycles. The van der Waals surface area contributed by atoms with Gasteiger partial charge in [-0.05, 0) is 49.6 Å². The van der Waals surface area contributed by atoms with Gasteiger partial charge in [0.25, 0.3) is 0 Å². The number of pyridine rings is 1. The molecule has 1 heterocycles. The zero-order valence-electron chi connectivity index (χ0n) is 11.6. The van der Waals surface area contributed by atoms with Crippen molar-refractivity contribution in [2.24, 2.45) is 0 Å². The molecule has 2 rings (SSSR count). The van der Waals surface area contributed by atoms with E-state index < -0.39 is 0 Å². The lowest BCUT2D eigenvalue weighted by atomic mass is 10.1. The first-order valence-corrected chi connectivity index (χ1v) is 6.93. The molecule has 0 unspecified atom stereocenters. The summed E-state index contributed by atoms with van der Waals surface area (Å²) in [4.78, 5) is 7.09. The Morgan fingerprint density at radius 3 is 2.56 bits per heavy atom. The van der Waals surface area contributed by atoms with Crippen molar-refractivity contribution in [1.82, 2.24) is 4.98 Å². The van der Waals surface area contributed by atoms with E-state index in [0.717, 1.165) is 37.3 Å². The second-order valence-corrected chi connectivity index (χ2v) is 4.63. The van der Waals surface area contributed by atoms with Crippen molar-refractivity contribution >= 4 is 16.7 Å². The van der Waals surface area contributed by atoms with Crippen LogP contribution in [0.1, 0.15) is 32.8 Å². The normalized spacial score (nSPS) is 10.8. The van der Waals surface area contributed by atoms with Crippen LogP contribution >= 0.6 is 0 Å². The molecule has 0 bridgehead atoms. The molecule has 2 aromatic rings. The molecule has 1 aromatic carbocycles. The van der Waals surface area contributed by atoms with Gasteiger partial charge in [0.2, 0.25) is 0 Å². The van der Waals surface area contributed by atoms with Crippen molar-refractivity contribution in [3.8, 4) is 0 Å². The topological polar surface area (TPSA) is 16.1 Å². The molecule has 0 saturated heterocycles. The van der Waals surface area contributed by atoms with Crippen LogP contribution in [0.4, 0.5) is 5.82 Å². The molecule has 0 spiro atoms. The quantitative estimate of drug-likeness (QED) is 0.787. The van der Waals surface area contributed by atoms with Crippen molar-refractivity contribution in [3.63, 3.8) is 0 Å². The number of hydrogen-bond acceptors (Lipinski definition) is 2. The van der Waals surface area contributed by atoms with Gasteiger partial charge in [0.05, 0.1) is 5.52 Å². The Balaban J connectivity index is 2.37. The zero-order chi connectivity index (χ0) is 13.0. The SMILES string of the molecule is CCCN(CC)c1ccc2cc(CC)ccc2n1. The van der Waals surface area contributed by atoms with Crippen LogP contribution in [0.15, 0.2) is 30.3 Å². The average Bonchev–Trinajstić information content (AvgIpc) is 2.43. The molecule has 96 valence electrons. The number of aryl methyl sites for hydroxylation is 1. The Bertz CT molecular complexity index is 519. The number of nitrogens with zero attached hydrogens (tertiary/aromatic N) is 2. The van der Waals surface area contributed by atoms with Crippen LogP contribution in [-0.2, 0) is 6.42 Å². The van der Waals surface area contributed by atoms with Crippen molar-refractivity contribution < 1.29 is 0 Å². The standard InChI is InChI=1S/C16H22N2/c1-4-11-18(6-3)16-10-8-14-12-13(5-2)7-9-15(14)17-16/h7-10,12H,4-6,11H2,1-3H3. The molecule has 0 aliphatic carbocycles. The lowest BCUT2D eigenvalue weighted by molar-refractivity contribution is 0.781.